The van der Waals surface area contributed by atoms with Gasteiger partial charge in [-0.1, -0.05) is 6.07 Å². The fourth-order valence-electron chi connectivity index (χ4n) is 2.02. The third kappa shape index (κ3) is 2.33. The Morgan fingerprint density at radius 1 is 1.43 bits per heavy atom. The third-order valence-corrected chi connectivity index (χ3v) is 3.85. The van der Waals surface area contributed by atoms with Crippen LogP contribution in [0, 0.1) is 0 Å². The number of carbonyl (C=O) groups is 1. The fraction of sp³-hybridized carbons (Fsp3) is 0.231. The van der Waals surface area contributed by atoms with Gasteiger partial charge in [0.1, 0.15) is 17.5 Å². The molecule has 0 fully saturated rings. The third-order valence-electron chi connectivity index (χ3n) is 2.98. The van der Waals surface area contributed by atoms with Crippen LogP contribution in [0.2, 0.25) is 0 Å². The van der Waals surface area contributed by atoms with Gasteiger partial charge in [0.15, 0.2) is 11.5 Å². The Balaban J connectivity index is 2.08. The molecule has 0 aliphatic carbocycles. The maximum absolute atomic E-state index is 12.2. The zero-order valence-corrected chi connectivity index (χ0v) is 12.4. The lowest BCUT2D eigenvalue weighted by atomic mass is 10.3. The second kappa shape index (κ2) is 5.13. The normalized spacial score (nSPS) is 11.2. The van der Waals surface area contributed by atoms with Gasteiger partial charge in [0.25, 0.3) is 5.91 Å². The van der Waals surface area contributed by atoms with Gasteiger partial charge in [-0.05, 0) is 25.3 Å². The van der Waals surface area contributed by atoms with Gasteiger partial charge < -0.3 is 11.1 Å². The Morgan fingerprint density at radius 3 is 2.90 bits per heavy atom. The number of anilines is 2. The largest absolute Gasteiger partial charge is 0.383 e. The molecule has 0 radical (unpaired) electrons. The SMILES string of the molecule is CC(C)n1nc(NC(=O)c2cccs2)c2c(N)ncnc21. The van der Waals surface area contributed by atoms with Gasteiger partial charge in [-0.25, -0.2) is 14.6 Å². The number of nitrogens with one attached hydrogen (secondary N) is 1. The highest BCUT2D eigenvalue weighted by Crippen LogP contribution is 2.28. The molecule has 0 atom stereocenters. The smallest absolute Gasteiger partial charge is 0.266 e. The molecular formula is C13H14N6OS. The minimum atomic E-state index is -0.219. The lowest BCUT2D eigenvalue weighted by Gasteiger charge is -2.05. The standard InChI is InChI=1S/C13H14N6OS/c1-7(2)19-12-9(10(14)15-6-16-12)11(18-19)17-13(20)8-4-3-5-21-8/h3-7H,1-2H3,(H2,14,15,16)(H,17,18,20). The molecule has 0 unspecified atom stereocenters. The quantitative estimate of drug-likeness (QED) is 0.773. The van der Waals surface area contributed by atoms with E-state index in [0.29, 0.717) is 27.5 Å². The number of nitrogens with two attached hydrogens (primary N) is 1. The van der Waals surface area contributed by atoms with Crippen molar-refractivity contribution in [2.45, 2.75) is 19.9 Å². The van der Waals surface area contributed by atoms with Crippen LogP contribution in [0.5, 0.6) is 0 Å². The van der Waals surface area contributed by atoms with Crippen LogP contribution in [0.25, 0.3) is 11.0 Å². The summed E-state index contributed by atoms with van der Waals surface area (Å²) in [5.41, 5.74) is 6.52. The summed E-state index contributed by atoms with van der Waals surface area (Å²) < 4.78 is 1.72. The Kier molecular flexibility index (Phi) is 3.30. The monoisotopic (exact) mass is 302 g/mol. The summed E-state index contributed by atoms with van der Waals surface area (Å²) in [6.07, 6.45) is 1.39. The summed E-state index contributed by atoms with van der Waals surface area (Å²) in [4.78, 5) is 21.0. The minimum Gasteiger partial charge on any atom is -0.383 e. The zero-order valence-electron chi connectivity index (χ0n) is 11.6. The Hall–Kier alpha value is -2.48. The molecule has 0 aliphatic heterocycles. The zero-order chi connectivity index (χ0) is 15.0. The van der Waals surface area contributed by atoms with Crippen LogP contribution in [-0.4, -0.2) is 25.7 Å². The van der Waals surface area contributed by atoms with Crippen LogP contribution in [0.3, 0.4) is 0 Å². The van der Waals surface area contributed by atoms with E-state index in [1.165, 1.54) is 17.7 Å². The van der Waals surface area contributed by atoms with E-state index in [4.69, 9.17) is 5.73 Å². The predicted molar refractivity (Wildman–Crippen MR) is 82.4 cm³/mol. The first-order valence-electron chi connectivity index (χ1n) is 6.41. The number of nitrogen functional groups attached to an aromatic ring is 1. The molecule has 8 heteroatoms. The molecule has 1 amide bonds. The van der Waals surface area contributed by atoms with Crippen molar-refractivity contribution >= 4 is 39.9 Å². The molecule has 3 heterocycles. The topological polar surface area (TPSA) is 98.7 Å². The van der Waals surface area contributed by atoms with Crippen LogP contribution in [0.1, 0.15) is 29.6 Å². The molecule has 0 saturated heterocycles. The highest BCUT2D eigenvalue weighted by molar-refractivity contribution is 7.12. The van der Waals surface area contributed by atoms with Crippen molar-refractivity contribution in [3.63, 3.8) is 0 Å². The summed E-state index contributed by atoms with van der Waals surface area (Å²) in [5, 5.41) is 9.60. The molecule has 3 aromatic rings. The van der Waals surface area contributed by atoms with E-state index >= 15 is 0 Å². The van der Waals surface area contributed by atoms with Crippen LogP contribution in [0.4, 0.5) is 11.6 Å². The van der Waals surface area contributed by atoms with Crippen molar-refractivity contribution in [2.75, 3.05) is 11.1 Å². The fourth-order valence-corrected chi connectivity index (χ4v) is 2.64. The van der Waals surface area contributed by atoms with E-state index in [0.717, 1.165) is 0 Å². The van der Waals surface area contributed by atoms with Gasteiger partial charge >= 0.3 is 0 Å². The molecule has 0 bridgehead atoms. The molecule has 3 rings (SSSR count). The first-order valence-corrected chi connectivity index (χ1v) is 7.29. The van der Waals surface area contributed by atoms with Gasteiger partial charge in [0, 0.05) is 6.04 Å². The van der Waals surface area contributed by atoms with E-state index in [-0.39, 0.29) is 11.9 Å². The van der Waals surface area contributed by atoms with Crippen molar-refractivity contribution in [3.8, 4) is 0 Å². The summed E-state index contributed by atoms with van der Waals surface area (Å²) >= 11 is 1.36. The number of nitrogens with zero attached hydrogens (tertiary/aromatic N) is 4. The van der Waals surface area contributed by atoms with Crippen molar-refractivity contribution < 1.29 is 4.79 Å². The Labute approximate surface area is 124 Å². The van der Waals surface area contributed by atoms with E-state index in [1.54, 1.807) is 10.7 Å². The van der Waals surface area contributed by atoms with Crippen LogP contribution < -0.4 is 11.1 Å². The van der Waals surface area contributed by atoms with Gasteiger partial charge in [-0.3, -0.25) is 4.79 Å². The van der Waals surface area contributed by atoms with Crippen LogP contribution in [0.15, 0.2) is 23.8 Å². The van der Waals surface area contributed by atoms with Gasteiger partial charge in [0.05, 0.1) is 4.88 Å². The van der Waals surface area contributed by atoms with Crippen LogP contribution in [-0.2, 0) is 0 Å². The molecule has 3 aromatic heterocycles. The van der Waals surface area contributed by atoms with Crippen molar-refractivity contribution in [1.82, 2.24) is 19.7 Å². The molecule has 0 aliphatic rings. The number of thiophene rings is 1. The first kappa shape index (κ1) is 13.5. The number of aromatic nitrogens is 4. The number of amides is 1. The lowest BCUT2D eigenvalue weighted by Crippen LogP contribution is -2.12. The predicted octanol–water partition coefficient (Wildman–Crippen LogP) is 2.30. The van der Waals surface area contributed by atoms with E-state index in [9.17, 15) is 4.79 Å². The Bertz CT molecular complexity index is 792. The summed E-state index contributed by atoms with van der Waals surface area (Å²) in [6, 6.07) is 3.66. The van der Waals surface area contributed by atoms with Gasteiger partial charge in [-0.2, -0.15) is 5.10 Å². The average Bonchev–Trinajstić information content (AvgIpc) is 3.07. The highest BCUT2D eigenvalue weighted by atomic mass is 32.1. The molecule has 21 heavy (non-hydrogen) atoms. The molecule has 108 valence electrons. The maximum atomic E-state index is 12.2. The van der Waals surface area contributed by atoms with Crippen molar-refractivity contribution in [2.24, 2.45) is 0 Å². The molecule has 0 spiro atoms. The molecule has 0 aromatic carbocycles. The molecule has 0 saturated carbocycles. The van der Waals surface area contributed by atoms with Crippen molar-refractivity contribution in [1.29, 1.82) is 0 Å². The maximum Gasteiger partial charge on any atom is 0.266 e. The molecule has 7 nitrogen and oxygen atoms in total. The highest BCUT2D eigenvalue weighted by Gasteiger charge is 2.19. The average molecular weight is 302 g/mol. The Morgan fingerprint density at radius 2 is 2.24 bits per heavy atom. The number of hydrogen-bond acceptors (Lipinski definition) is 6. The number of hydrogen-bond donors (Lipinski definition) is 2. The molecular weight excluding hydrogens is 288 g/mol. The summed E-state index contributed by atoms with van der Waals surface area (Å²) in [7, 11) is 0. The lowest BCUT2D eigenvalue weighted by molar-refractivity contribution is 0.103. The number of rotatable bonds is 3. The minimum absolute atomic E-state index is 0.0918. The second-order valence-corrected chi connectivity index (χ2v) is 5.72. The molecule has 3 N–H and O–H groups in total. The van der Waals surface area contributed by atoms with Gasteiger partial charge in [-0.15, -0.1) is 11.3 Å². The van der Waals surface area contributed by atoms with E-state index in [1.807, 2.05) is 25.3 Å². The van der Waals surface area contributed by atoms with Crippen LogP contribution >= 0.6 is 11.3 Å². The van der Waals surface area contributed by atoms with E-state index in [2.05, 4.69) is 20.4 Å². The second-order valence-electron chi connectivity index (χ2n) is 4.78. The number of carbonyl (C=O) groups excluding carboxylic acids is 1. The first-order chi connectivity index (χ1) is 10.1. The van der Waals surface area contributed by atoms with Crippen molar-refractivity contribution in [3.05, 3.63) is 28.7 Å². The summed E-state index contributed by atoms with van der Waals surface area (Å²) in [5.74, 6) is 0.465. The van der Waals surface area contributed by atoms with E-state index < -0.39 is 0 Å². The number of fused-ring (bicyclic) bond motifs is 1. The van der Waals surface area contributed by atoms with Gasteiger partial charge in [0.2, 0.25) is 0 Å². The summed E-state index contributed by atoms with van der Waals surface area (Å²) in [6.45, 7) is 3.96.